The lowest BCUT2D eigenvalue weighted by molar-refractivity contribution is -0.131. The van der Waals surface area contributed by atoms with E-state index >= 15 is 0 Å². The van der Waals surface area contributed by atoms with Crippen molar-refractivity contribution in [1.82, 2.24) is 19.9 Å². The van der Waals surface area contributed by atoms with Gasteiger partial charge in [-0.3, -0.25) is 9.69 Å². The Morgan fingerprint density at radius 1 is 1.33 bits per heavy atom. The molecule has 24 heavy (non-hydrogen) atoms. The van der Waals surface area contributed by atoms with E-state index in [9.17, 15) is 4.79 Å². The first-order valence-electron chi connectivity index (χ1n) is 8.57. The molecule has 0 saturated carbocycles. The van der Waals surface area contributed by atoms with Crippen molar-refractivity contribution in [2.24, 2.45) is 0 Å². The number of fused-ring (bicyclic) bond motifs is 2. The number of hydrogen-bond acceptors (Lipinski definition) is 6. The van der Waals surface area contributed by atoms with Crippen LogP contribution in [-0.2, 0) is 11.2 Å². The molecule has 0 aliphatic carbocycles. The van der Waals surface area contributed by atoms with Crippen molar-refractivity contribution >= 4 is 5.91 Å². The summed E-state index contributed by atoms with van der Waals surface area (Å²) in [5, 5.41) is 3.89. The summed E-state index contributed by atoms with van der Waals surface area (Å²) in [6.45, 7) is 1.69. The lowest BCUT2D eigenvalue weighted by Crippen LogP contribution is -2.39. The van der Waals surface area contributed by atoms with E-state index in [1.165, 1.54) is 12.8 Å². The number of aromatic nitrogens is 2. The van der Waals surface area contributed by atoms with E-state index in [-0.39, 0.29) is 5.91 Å². The summed E-state index contributed by atoms with van der Waals surface area (Å²) in [5.74, 6) is 1.65. The highest BCUT2D eigenvalue weighted by atomic mass is 16.5. The van der Waals surface area contributed by atoms with Crippen LogP contribution in [0.4, 0.5) is 0 Å². The van der Waals surface area contributed by atoms with Gasteiger partial charge in [0.15, 0.2) is 5.76 Å². The fourth-order valence-corrected chi connectivity index (χ4v) is 3.77. The normalized spacial score (nSPS) is 24.3. The average Bonchev–Trinajstić information content (AvgIpc) is 3.27. The number of rotatable bonds is 4. The zero-order valence-corrected chi connectivity index (χ0v) is 13.9. The Kier molecular flexibility index (Phi) is 4.10. The van der Waals surface area contributed by atoms with Crippen LogP contribution in [0.25, 0.3) is 11.6 Å². The summed E-state index contributed by atoms with van der Waals surface area (Å²) in [4.78, 5) is 21.3. The van der Waals surface area contributed by atoms with Gasteiger partial charge in [0.25, 0.3) is 0 Å². The molecule has 128 valence electrons. The highest BCUT2D eigenvalue weighted by Gasteiger charge is 2.35. The van der Waals surface area contributed by atoms with Crippen molar-refractivity contribution in [3.05, 3.63) is 24.3 Å². The van der Waals surface area contributed by atoms with Crippen LogP contribution in [0.1, 0.15) is 31.6 Å². The van der Waals surface area contributed by atoms with Crippen molar-refractivity contribution < 1.29 is 13.7 Å². The molecule has 0 radical (unpaired) electrons. The summed E-state index contributed by atoms with van der Waals surface area (Å²) < 4.78 is 10.5. The summed E-state index contributed by atoms with van der Waals surface area (Å²) in [5.41, 5.74) is 0. The molecular weight excluding hydrogens is 308 g/mol. The molecule has 2 fully saturated rings. The lowest BCUT2D eigenvalue weighted by atomic mass is 10.1. The maximum atomic E-state index is 12.5. The standard InChI is InChI=1S/C17H22N4O3/c1-20-12-4-5-13(20)11-21(9-8-12)16(22)7-6-15-18-17(19-24-15)14-3-2-10-23-14/h2-3,10,12-13H,4-9,11H2,1H3. The van der Waals surface area contributed by atoms with E-state index in [1.807, 2.05) is 4.90 Å². The lowest BCUT2D eigenvalue weighted by Gasteiger charge is -2.25. The van der Waals surface area contributed by atoms with Gasteiger partial charge in [-0.05, 0) is 38.4 Å². The molecule has 0 spiro atoms. The first-order chi connectivity index (χ1) is 11.7. The molecule has 2 saturated heterocycles. The predicted molar refractivity (Wildman–Crippen MR) is 86.1 cm³/mol. The summed E-state index contributed by atoms with van der Waals surface area (Å²) >= 11 is 0. The number of nitrogens with zero attached hydrogens (tertiary/aromatic N) is 4. The first kappa shape index (κ1) is 15.4. The fourth-order valence-electron chi connectivity index (χ4n) is 3.77. The molecule has 2 aromatic rings. The minimum atomic E-state index is 0.175. The Balaban J connectivity index is 1.33. The third kappa shape index (κ3) is 2.96. The van der Waals surface area contributed by atoms with Gasteiger partial charge in [-0.1, -0.05) is 5.16 Å². The summed E-state index contributed by atoms with van der Waals surface area (Å²) in [6, 6.07) is 4.71. The van der Waals surface area contributed by atoms with E-state index in [2.05, 4.69) is 22.1 Å². The van der Waals surface area contributed by atoms with Gasteiger partial charge in [0.05, 0.1) is 6.26 Å². The largest absolute Gasteiger partial charge is 0.461 e. The Morgan fingerprint density at radius 2 is 2.21 bits per heavy atom. The van der Waals surface area contributed by atoms with Crippen LogP contribution < -0.4 is 0 Å². The third-order valence-electron chi connectivity index (χ3n) is 5.26. The van der Waals surface area contributed by atoms with E-state index in [1.54, 1.807) is 18.4 Å². The van der Waals surface area contributed by atoms with Crippen LogP contribution in [0, 0.1) is 0 Å². The van der Waals surface area contributed by atoms with Crippen molar-refractivity contribution in [3.8, 4) is 11.6 Å². The maximum absolute atomic E-state index is 12.5. The summed E-state index contributed by atoms with van der Waals surface area (Å²) in [7, 11) is 2.19. The topological polar surface area (TPSA) is 75.6 Å². The highest BCUT2D eigenvalue weighted by molar-refractivity contribution is 5.76. The average molecular weight is 330 g/mol. The molecule has 2 unspecified atom stereocenters. The number of carbonyl (C=O) groups excluding carboxylic acids is 1. The fraction of sp³-hybridized carbons (Fsp3) is 0.588. The molecule has 4 rings (SSSR count). The molecule has 0 N–H and O–H groups in total. The van der Waals surface area contributed by atoms with Crippen LogP contribution in [0.5, 0.6) is 0 Å². The molecular formula is C17H22N4O3. The Labute approximate surface area is 140 Å². The first-order valence-corrected chi connectivity index (χ1v) is 8.57. The van der Waals surface area contributed by atoms with E-state index < -0.39 is 0 Å². The minimum absolute atomic E-state index is 0.175. The van der Waals surface area contributed by atoms with Gasteiger partial charge < -0.3 is 13.8 Å². The zero-order chi connectivity index (χ0) is 16.5. The number of furan rings is 1. The third-order valence-corrected chi connectivity index (χ3v) is 5.26. The smallest absolute Gasteiger partial charge is 0.238 e. The molecule has 2 aromatic heterocycles. The van der Waals surface area contributed by atoms with Gasteiger partial charge in [-0.2, -0.15) is 4.98 Å². The van der Waals surface area contributed by atoms with Gasteiger partial charge in [-0.15, -0.1) is 0 Å². The van der Waals surface area contributed by atoms with Gasteiger partial charge >= 0.3 is 0 Å². The van der Waals surface area contributed by atoms with Crippen LogP contribution in [0.3, 0.4) is 0 Å². The Morgan fingerprint density at radius 3 is 3.04 bits per heavy atom. The molecule has 2 atom stereocenters. The molecule has 0 aromatic carbocycles. The monoisotopic (exact) mass is 330 g/mol. The van der Waals surface area contributed by atoms with Gasteiger partial charge in [0, 0.05) is 38.0 Å². The van der Waals surface area contributed by atoms with E-state index in [0.29, 0.717) is 42.4 Å². The van der Waals surface area contributed by atoms with Crippen molar-refractivity contribution in [3.63, 3.8) is 0 Å². The Bertz CT molecular complexity index is 697. The van der Waals surface area contributed by atoms with Crippen LogP contribution >= 0.6 is 0 Å². The van der Waals surface area contributed by atoms with Crippen LogP contribution in [0.2, 0.25) is 0 Å². The van der Waals surface area contributed by atoms with Gasteiger partial charge in [-0.25, -0.2) is 0 Å². The second-order valence-corrected chi connectivity index (χ2v) is 6.67. The van der Waals surface area contributed by atoms with Crippen molar-refractivity contribution in [2.45, 2.75) is 44.2 Å². The Hall–Kier alpha value is -2.15. The molecule has 1 amide bonds. The van der Waals surface area contributed by atoms with Crippen molar-refractivity contribution in [1.29, 1.82) is 0 Å². The minimum Gasteiger partial charge on any atom is -0.461 e. The molecule has 4 heterocycles. The number of aryl methyl sites for hydroxylation is 1. The molecule has 2 aliphatic heterocycles. The molecule has 2 bridgehead atoms. The second-order valence-electron chi connectivity index (χ2n) is 6.67. The maximum Gasteiger partial charge on any atom is 0.238 e. The molecule has 7 nitrogen and oxygen atoms in total. The second kappa shape index (κ2) is 6.39. The predicted octanol–water partition coefficient (Wildman–Crippen LogP) is 1.96. The highest BCUT2D eigenvalue weighted by Crippen LogP contribution is 2.28. The number of carbonyl (C=O) groups is 1. The number of hydrogen-bond donors (Lipinski definition) is 0. The van der Waals surface area contributed by atoms with Crippen LogP contribution in [0.15, 0.2) is 27.3 Å². The summed E-state index contributed by atoms with van der Waals surface area (Å²) in [6.07, 6.45) is 5.97. The number of likely N-dealkylation sites (N-methyl/N-ethyl adjacent to an activating group) is 1. The van der Waals surface area contributed by atoms with Gasteiger partial charge in [0.2, 0.25) is 17.6 Å². The zero-order valence-electron chi connectivity index (χ0n) is 13.9. The molecule has 7 heteroatoms. The van der Waals surface area contributed by atoms with E-state index in [4.69, 9.17) is 8.94 Å². The van der Waals surface area contributed by atoms with Crippen molar-refractivity contribution in [2.75, 3.05) is 20.1 Å². The number of likely N-dealkylation sites (tertiary alicyclic amines) is 1. The van der Waals surface area contributed by atoms with E-state index in [0.717, 1.165) is 19.5 Å². The number of amides is 1. The molecule has 2 aliphatic rings. The van der Waals surface area contributed by atoms with Crippen LogP contribution in [-0.4, -0.2) is 58.1 Å². The SMILES string of the molecule is CN1C2CCC1CN(C(=O)CCc1nc(-c3ccco3)no1)CC2. The van der Waals surface area contributed by atoms with Gasteiger partial charge in [0.1, 0.15) is 0 Å². The quantitative estimate of drug-likeness (QED) is 0.853.